The molecule has 2 aliphatic rings. The van der Waals surface area contributed by atoms with Gasteiger partial charge in [-0.1, -0.05) is 18.2 Å². The minimum Gasteiger partial charge on any atom is -0.370 e. The van der Waals surface area contributed by atoms with Crippen LogP contribution in [0.5, 0.6) is 0 Å². The number of nitrogens with one attached hydrogen (secondary N) is 1. The Labute approximate surface area is 189 Å². The molecule has 8 heteroatoms. The molecule has 1 aliphatic heterocycles. The third-order valence-electron chi connectivity index (χ3n) is 6.79. The van der Waals surface area contributed by atoms with Crippen molar-refractivity contribution in [2.75, 3.05) is 0 Å². The largest absolute Gasteiger partial charge is 0.416 e. The summed E-state index contributed by atoms with van der Waals surface area (Å²) < 4.78 is 73.0. The van der Waals surface area contributed by atoms with E-state index in [1.54, 1.807) is 19.1 Å². The first-order valence-electron chi connectivity index (χ1n) is 11.1. The van der Waals surface area contributed by atoms with Gasteiger partial charge in [0.25, 0.3) is 0 Å². The normalized spacial score (nSPS) is 26.4. The zero-order valence-electron chi connectivity index (χ0n) is 18.2. The third kappa shape index (κ3) is 5.21. The second-order valence-corrected chi connectivity index (χ2v) is 8.94. The molecule has 1 heterocycles. The monoisotopic (exact) mass is 467 g/mol. The molecule has 0 spiro atoms. The number of ether oxygens (including phenoxy) is 1. The minimum atomic E-state index is -4.59. The fourth-order valence-electron chi connectivity index (χ4n) is 5.24. The average Bonchev–Trinajstić information content (AvgIpc) is 3.39. The van der Waals surface area contributed by atoms with Crippen molar-refractivity contribution >= 4 is 5.91 Å². The van der Waals surface area contributed by atoms with Crippen LogP contribution in [0.4, 0.5) is 22.0 Å². The molecule has 0 unspecified atom stereocenters. The molecule has 2 aromatic rings. The lowest BCUT2D eigenvalue weighted by Crippen LogP contribution is -2.36. The maximum absolute atomic E-state index is 13.5. The fraction of sp³-hybridized carbons (Fsp3) is 0.480. The van der Waals surface area contributed by atoms with Crippen molar-refractivity contribution in [3.63, 3.8) is 0 Å². The molecular formula is C25H26F5NO2. The van der Waals surface area contributed by atoms with Gasteiger partial charge in [-0.25, -0.2) is 8.78 Å². The molecule has 2 aromatic carbocycles. The highest BCUT2D eigenvalue weighted by molar-refractivity contribution is 5.78. The zero-order valence-corrected chi connectivity index (χ0v) is 18.2. The Balaban J connectivity index is 1.60. The highest BCUT2D eigenvalue weighted by Crippen LogP contribution is 2.46. The first-order valence-corrected chi connectivity index (χ1v) is 11.1. The van der Waals surface area contributed by atoms with Crippen LogP contribution >= 0.6 is 0 Å². The zero-order chi connectivity index (χ0) is 23.8. The van der Waals surface area contributed by atoms with Crippen molar-refractivity contribution in [2.24, 2.45) is 5.92 Å². The van der Waals surface area contributed by atoms with Crippen LogP contribution in [0.15, 0.2) is 42.5 Å². The van der Waals surface area contributed by atoms with E-state index in [-0.39, 0.29) is 46.8 Å². The third-order valence-corrected chi connectivity index (χ3v) is 6.79. The highest BCUT2D eigenvalue weighted by Gasteiger charge is 2.44. The molecule has 4 rings (SSSR count). The van der Waals surface area contributed by atoms with Crippen molar-refractivity contribution in [3.8, 4) is 0 Å². The number of hydrogen-bond donors (Lipinski definition) is 1. The molecule has 1 N–H and O–H groups in total. The molecule has 0 aromatic heterocycles. The molecule has 0 bridgehead atoms. The summed E-state index contributed by atoms with van der Waals surface area (Å²) in [4.78, 5) is 11.8. The smallest absolute Gasteiger partial charge is 0.370 e. The lowest BCUT2D eigenvalue weighted by molar-refractivity contribution is -0.137. The maximum Gasteiger partial charge on any atom is 0.416 e. The van der Waals surface area contributed by atoms with Gasteiger partial charge in [0.2, 0.25) is 5.91 Å². The van der Waals surface area contributed by atoms with E-state index in [0.717, 1.165) is 24.1 Å². The second-order valence-electron chi connectivity index (χ2n) is 8.94. The van der Waals surface area contributed by atoms with Gasteiger partial charge in [-0.2, -0.15) is 13.2 Å². The fourth-order valence-corrected chi connectivity index (χ4v) is 5.24. The van der Waals surface area contributed by atoms with Crippen LogP contribution in [0.25, 0.3) is 0 Å². The predicted molar refractivity (Wildman–Crippen MR) is 113 cm³/mol. The van der Waals surface area contributed by atoms with Gasteiger partial charge < -0.3 is 10.1 Å². The Hall–Kier alpha value is -2.48. The maximum atomic E-state index is 13.5. The Morgan fingerprint density at radius 1 is 1.09 bits per heavy atom. The van der Waals surface area contributed by atoms with E-state index in [9.17, 15) is 26.7 Å². The van der Waals surface area contributed by atoms with Crippen molar-refractivity contribution in [2.45, 2.75) is 69.6 Å². The summed E-state index contributed by atoms with van der Waals surface area (Å²) in [7, 11) is 0. The summed E-state index contributed by atoms with van der Waals surface area (Å²) in [6.07, 6.45) is -3.05. The summed E-state index contributed by atoms with van der Waals surface area (Å²) in [6, 6.07) is 9.33. The van der Waals surface area contributed by atoms with E-state index in [4.69, 9.17) is 4.74 Å². The molecule has 0 radical (unpaired) electrons. The van der Waals surface area contributed by atoms with E-state index < -0.39 is 24.5 Å². The van der Waals surface area contributed by atoms with Crippen LogP contribution in [0.3, 0.4) is 0 Å². The van der Waals surface area contributed by atoms with Crippen LogP contribution in [0, 0.1) is 11.7 Å². The van der Waals surface area contributed by atoms with Gasteiger partial charge in [-0.3, -0.25) is 4.79 Å². The summed E-state index contributed by atoms with van der Waals surface area (Å²) >= 11 is 0. The lowest BCUT2D eigenvalue weighted by atomic mass is 9.82. The average molecular weight is 467 g/mol. The topological polar surface area (TPSA) is 38.3 Å². The van der Waals surface area contributed by atoms with E-state index in [1.165, 1.54) is 18.2 Å². The standard InChI is InChI=1S/C25H26F5NO2/c1-14(17-10-15(13-26)11-18(12-17)25(28,29)30)33-22-8-6-20(21-7-9-23(32)31-21)24(22)16-2-4-19(27)5-3-16/h2-5,10-12,14,20-22,24H,6-9,13H2,1H3,(H,31,32)/t14-,20+,21-,22+,24+/m1/s1. The van der Waals surface area contributed by atoms with Gasteiger partial charge in [0, 0.05) is 18.4 Å². The molecule has 5 atom stereocenters. The van der Waals surface area contributed by atoms with Gasteiger partial charge >= 0.3 is 6.18 Å². The number of halogens is 5. The van der Waals surface area contributed by atoms with Crippen LogP contribution in [0.1, 0.15) is 66.9 Å². The van der Waals surface area contributed by atoms with Crippen molar-refractivity contribution in [3.05, 3.63) is 70.5 Å². The summed E-state index contributed by atoms with van der Waals surface area (Å²) in [6.45, 7) is 0.651. The molecule has 1 saturated heterocycles. The first kappa shape index (κ1) is 23.7. The Bertz CT molecular complexity index is 991. The molecule has 1 saturated carbocycles. The minimum absolute atomic E-state index is 0.00156. The predicted octanol–water partition coefficient (Wildman–Crippen LogP) is 6.23. The van der Waals surface area contributed by atoms with E-state index in [2.05, 4.69) is 5.32 Å². The second kappa shape index (κ2) is 9.41. The van der Waals surface area contributed by atoms with Gasteiger partial charge in [0.1, 0.15) is 12.5 Å². The Morgan fingerprint density at radius 3 is 2.42 bits per heavy atom. The van der Waals surface area contributed by atoms with Gasteiger partial charge in [-0.15, -0.1) is 0 Å². The number of carbonyl (C=O) groups is 1. The molecule has 1 amide bonds. The molecule has 2 fully saturated rings. The van der Waals surface area contributed by atoms with Crippen LogP contribution in [0.2, 0.25) is 0 Å². The van der Waals surface area contributed by atoms with Crippen molar-refractivity contribution < 1.29 is 31.5 Å². The lowest BCUT2D eigenvalue weighted by Gasteiger charge is -2.31. The van der Waals surface area contributed by atoms with Crippen molar-refractivity contribution in [1.82, 2.24) is 5.32 Å². The summed E-state index contributed by atoms with van der Waals surface area (Å²) in [5.74, 6) is -0.445. The summed E-state index contributed by atoms with van der Waals surface area (Å²) in [5, 5.41) is 3.02. The molecule has 3 nitrogen and oxygen atoms in total. The van der Waals surface area contributed by atoms with Crippen LogP contribution in [-0.2, 0) is 22.4 Å². The number of rotatable bonds is 6. The number of hydrogen-bond acceptors (Lipinski definition) is 2. The van der Waals surface area contributed by atoms with Gasteiger partial charge in [0.05, 0.1) is 17.8 Å². The van der Waals surface area contributed by atoms with Gasteiger partial charge in [0.15, 0.2) is 0 Å². The SMILES string of the molecule is C[C@@H](O[C@H]1CC[C@@H]([C@H]2CCC(=O)N2)[C@@H]1c1ccc(F)cc1)c1cc(CF)cc(C(F)(F)F)c1. The van der Waals surface area contributed by atoms with E-state index >= 15 is 0 Å². The van der Waals surface area contributed by atoms with Crippen LogP contribution in [-0.4, -0.2) is 18.1 Å². The quantitative estimate of drug-likeness (QED) is 0.512. The summed E-state index contributed by atoms with van der Waals surface area (Å²) in [5.41, 5.74) is 0.165. The highest BCUT2D eigenvalue weighted by atomic mass is 19.4. The first-order chi connectivity index (χ1) is 15.7. The number of benzene rings is 2. The molecule has 33 heavy (non-hydrogen) atoms. The molecule has 178 valence electrons. The molecular weight excluding hydrogens is 441 g/mol. The van der Waals surface area contributed by atoms with E-state index in [0.29, 0.717) is 19.3 Å². The molecule has 1 aliphatic carbocycles. The Kier molecular flexibility index (Phi) is 6.75. The number of carbonyl (C=O) groups excluding carboxylic acids is 1. The van der Waals surface area contributed by atoms with Crippen LogP contribution < -0.4 is 5.32 Å². The number of amides is 1. The Morgan fingerprint density at radius 2 is 1.82 bits per heavy atom. The number of alkyl halides is 4. The van der Waals surface area contributed by atoms with E-state index in [1.807, 2.05) is 0 Å². The van der Waals surface area contributed by atoms with Crippen molar-refractivity contribution in [1.29, 1.82) is 0 Å². The van der Waals surface area contributed by atoms with Gasteiger partial charge in [-0.05, 0) is 73.1 Å².